The Kier molecular flexibility index (Phi) is 4.36. The number of hydrogen-bond donors (Lipinski definition) is 1. The topological polar surface area (TPSA) is 58.6 Å². The lowest BCUT2D eigenvalue weighted by molar-refractivity contribution is -0.128. The van der Waals surface area contributed by atoms with Crippen LogP contribution in [0.4, 0.5) is 0 Å². The number of carbonyl (C=O) groups excluding carboxylic acids is 2. The molecular weight excluding hydrogens is 232 g/mol. The van der Waals surface area contributed by atoms with Crippen molar-refractivity contribution in [3.05, 3.63) is 12.7 Å². The standard InChI is InChI=1S/C13H20N2O3/c1-2-5-15-9-10(7-12(15)16)13(17)14-8-11-4-3-6-18-11/h2,10-11H,1,3-9H2,(H,14,17). The molecule has 2 aliphatic heterocycles. The normalized spacial score (nSPS) is 27.6. The zero-order valence-electron chi connectivity index (χ0n) is 10.6. The number of nitrogens with one attached hydrogen (secondary N) is 1. The zero-order chi connectivity index (χ0) is 13.0. The van der Waals surface area contributed by atoms with Gasteiger partial charge in [0.25, 0.3) is 0 Å². The lowest BCUT2D eigenvalue weighted by Gasteiger charge is -2.15. The molecule has 2 amide bonds. The molecule has 1 N–H and O–H groups in total. The second-order valence-corrected chi connectivity index (χ2v) is 4.87. The molecule has 5 heteroatoms. The number of ether oxygens (including phenoxy) is 1. The highest BCUT2D eigenvalue weighted by molar-refractivity contribution is 5.89. The van der Waals surface area contributed by atoms with Crippen LogP contribution in [0.5, 0.6) is 0 Å². The average molecular weight is 252 g/mol. The summed E-state index contributed by atoms with van der Waals surface area (Å²) in [5.41, 5.74) is 0. The Balaban J connectivity index is 1.75. The van der Waals surface area contributed by atoms with Crippen molar-refractivity contribution in [2.45, 2.75) is 25.4 Å². The van der Waals surface area contributed by atoms with Crippen LogP contribution in [-0.2, 0) is 14.3 Å². The molecule has 2 heterocycles. The summed E-state index contributed by atoms with van der Waals surface area (Å²) in [6.07, 6.45) is 4.22. The maximum absolute atomic E-state index is 11.9. The minimum Gasteiger partial charge on any atom is -0.376 e. The van der Waals surface area contributed by atoms with Gasteiger partial charge in [-0.2, -0.15) is 0 Å². The van der Waals surface area contributed by atoms with Crippen LogP contribution >= 0.6 is 0 Å². The minimum absolute atomic E-state index is 0.0344. The van der Waals surface area contributed by atoms with Crippen molar-refractivity contribution in [1.29, 1.82) is 0 Å². The second kappa shape index (κ2) is 6.00. The molecule has 2 aliphatic rings. The van der Waals surface area contributed by atoms with Crippen molar-refractivity contribution in [1.82, 2.24) is 10.2 Å². The van der Waals surface area contributed by atoms with E-state index in [4.69, 9.17) is 4.74 Å². The van der Waals surface area contributed by atoms with Crippen LogP contribution in [0.15, 0.2) is 12.7 Å². The molecule has 2 unspecified atom stereocenters. The number of nitrogens with zero attached hydrogens (tertiary/aromatic N) is 1. The minimum atomic E-state index is -0.223. The van der Waals surface area contributed by atoms with E-state index in [1.165, 1.54) is 0 Å². The average Bonchev–Trinajstić information content (AvgIpc) is 2.97. The van der Waals surface area contributed by atoms with Gasteiger partial charge in [-0.05, 0) is 12.8 Å². The summed E-state index contributed by atoms with van der Waals surface area (Å²) in [7, 11) is 0. The smallest absolute Gasteiger partial charge is 0.225 e. The van der Waals surface area contributed by atoms with Gasteiger partial charge in [0.15, 0.2) is 0 Å². The number of likely N-dealkylation sites (tertiary alicyclic amines) is 1. The molecule has 0 aromatic carbocycles. The Morgan fingerprint density at radius 2 is 2.44 bits per heavy atom. The summed E-state index contributed by atoms with van der Waals surface area (Å²) in [6.45, 7) is 5.98. The van der Waals surface area contributed by atoms with Crippen molar-refractivity contribution in [3.8, 4) is 0 Å². The SMILES string of the molecule is C=CCN1CC(C(=O)NCC2CCCO2)CC1=O. The van der Waals surface area contributed by atoms with Gasteiger partial charge in [0.2, 0.25) is 11.8 Å². The van der Waals surface area contributed by atoms with Crippen molar-refractivity contribution in [2.24, 2.45) is 5.92 Å². The summed E-state index contributed by atoms with van der Waals surface area (Å²) < 4.78 is 5.44. The maximum Gasteiger partial charge on any atom is 0.225 e. The zero-order valence-corrected chi connectivity index (χ0v) is 10.6. The van der Waals surface area contributed by atoms with Crippen molar-refractivity contribution in [2.75, 3.05) is 26.2 Å². The van der Waals surface area contributed by atoms with Crippen LogP contribution in [0.25, 0.3) is 0 Å². The molecule has 0 aliphatic carbocycles. The van der Waals surface area contributed by atoms with E-state index in [2.05, 4.69) is 11.9 Å². The maximum atomic E-state index is 11.9. The highest BCUT2D eigenvalue weighted by Gasteiger charge is 2.33. The molecule has 0 aromatic heterocycles. The molecule has 2 rings (SSSR count). The first-order valence-corrected chi connectivity index (χ1v) is 6.48. The van der Waals surface area contributed by atoms with E-state index in [-0.39, 0.29) is 23.8 Å². The van der Waals surface area contributed by atoms with E-state index in [1.807, 2.05) is 0 Å². The molecule has 0 bridgehead atoms. The van der Waals surface area contributed by atoms with E-state index in [1.54, 1.807) is 11.0 Å². The van der Waals surface area contributed by atoms with Crippen molar-refractivity contribution in [3.63, 3.8) is 0 Å². The van der Waals surface area contributed by atoms with Crippen LogP contribution in [0.1, 0.15) is 19.3 Å². The molecule has 2 atom stereocenters. The van der Waals surface area contributed by atoms with Gasteiger partial charge >= 0.3 is 0 Å². The fourth-order valence-electron chi connectivity index (χ4n) is 2.44. The van der Waals surface area contributed by atoms with Gasteiger partial charge in [-0.1, -0.05) is 6.08 Å². The molecule has 0 spiro atoms. The molecule has 2 fully saturated rings. The molecule has 0 aromatic rings. The van der Waals surface area contributed by atoms with E-state index in [0.29, 0.717) is 26.1 Å². The Morgan fingerprint density at radius 1 is 1.61 bits per heavy atom. The van der Waals surface area contributed by atoms with Crippen LogP contribution < -0.4 is 5.32 Å². The Morgan fingerprint density at radius 3 is 3.11 bits per heavy atom. The third kappa shape index (κ3) is 3.10. The predicted molar refractivity (Wildman–Crippen MR) is 66.9 cm³/mol. The van der Waals surface area contributed by atoms with Crippen LogP contribution in [0.2, 0.25) is 0 Å². The molecule has 2 saturated heterocycles. The van der Waals surface area contributed by atoms with Crippen LogP contribution in [-0.4, -0.2) is 49.1 Å². The Labute approximate surface area is 107 Å². The molecule has 0 radical (unpaired) electrons. The summed E-state index contributed by atoms with van der Waals surface area (Å²) >= 11 is 0. The van der Waals surface area contributed by atoms with Gasteiger partial charge in [-0.3, -0.25) is 9.59 Å². The fourth-order valence-corrected chi connectivity index (χ4v) is 2.44. The second-order valence-electron chi connectivity index (χ2n) is 4.87. The molecule has 5 nitrogen and oxygen atoms in total. The first-order valence-electron chi connectivity index (χ1n) is 6.48. The summed E-state index contributed by atoms with van der Waals surface area (Å²) in [4.78, 5) is 25.2. The number of hydrogen-bond acceptors (Lipinski definition) is 3. The largest absolute Gasteiger partial charge is 0.376 e. The van der Waals surface area contributed by atoms with Gasteiger partial charge in [-0.25, -0.2) is 0 Å². The number of rotatable bonds is 5. The summed E-state index contributed by atoms with van der Waals surface area (Å²) in [5.74, 6) is -0.226. The van der Waals surface area contributed by atoms with Crippen molar-refractivity contribution < 1.29 is 14.3 Å². The fraction of sp³-hybridized carbons (Fsp3) is 0.692. The van der Waals surface area contributed by atoms with Gasteiger partial charge < -0.3 is 15.0 Å². The van der Waals surface area contributed by atoms with Gasteiger partial charge in [0.1, 0.15) is 0 Å². The van der Waals surface area contributed by atoms with Gasteiger partial charge in [0.05, 0.1) is 12.0 Å². The third-order valence-corrected chi connectivity index (χ3v) is 3.46. The van der Waals surface area contributed by atoms with Crippen molar-refractivity contribution >= 4 is 11.8 Å². The van der Waals surface area contributed by atoms with E-state index in [0.717, 1.165) is 19.4 Å². The molecule has 0 saturated carbocycles. The van der Waals surface area contributed by atoms with Crippen LogP contribution in [0.3, 0.4) is 0 Å². The quantitative estimate of drug-likeness (QED) is 0.717. The first-order chi connectivity index (χ1) is 8.70. The predicted octanol–water partition coefficient (Wildman–Crippen LogP) is 0.316. The Bertz CT molecular complexity index is 337. The number of carbonyl (C=O) groups is 2. The van der Waals surface area contributed by atoms with E-state index < -0.39 is 0 Å². The van der Waals surface area contributed by atoms with Gasteiger partial charge in [-0.15, -0.1) is 6.58 Å². The molecule has 18 heavy (non-hydrogen) atoms. The summed E-state index contributed by atoms with van der Waals surface area (Å²) in [5, 5.41) is 2.88. The van der Waals surface area contributed by atoms with Crippen LogP contribution in [0, 0.1) is 5.92 Å². The highest BCUT2D eigenvalue weighted by atomic mass is 16.5. The third-order valence-electron chi connectivity index (χ3n) is 3.46. The van der Waals surface area contributed by atoms with E-state index in [9.17, 15) is 9.59 Å². The monoisotopic (exact) mass is 252 g/mol. The Hall–Kier alpha value is -1.36. The first kappa shape index (κ1) is 13.1. The highest BCUT2D eigenvalue weighted by Crippen LogP contribution is 2.18. The van der Waals surface area contributed by atoms with E-state index >= 15 is 0 Å². The molecular formula is C13H20N2O3. The van der Waals surface area contributed by atoms with Gasteiger partial charge in [0, 0.05) is 32.7 Å². The molecule has 100 valence electrons. The lowest BCUT2D eigenvalue weighted by atomic mass is 10.1. The lowest BCUT2D eigenvalue weighted by Crippen LogP contribution is -2.37. The number of amides is 2. The summed E-state index contributed by atoms with van der Waals surface area (Å²) in [6, 6.07) is 0.